The van der Waals surface area contributed by atoms with Crippen molar-refractivity contribution in [1.29, 1.82) is 0 Å². The number of nitrogens with zero attached hydrogens (tertiary/aromatic N) is 6. The maximum absolute atomic E-state index is 5.04. The van der Waals surface area contributed by atoms with Crippen molar-refractivity contribution in [3.63, 3.8) is 0 Å². The Morgan fingerprint density at radius 3 is 1.77 bits per heavy atom. The zero-order chi connectivity index (χ0) is 25.8. The van der Waals surface area contributed by atoms with Crippen molar-refractivity contribution in [3.8, 4) is 34.2 Å². The van der Waals surface area contributed by atoms with E-state index < -0.39 is 0 Å². The molecule has 0 aliphatic rings. The van der Waals surface area contributed by atoms with E-state index in [9.17, 15) is 0 Å². The number of benzene rings is 4. The number of fused-ring (bicyclic) bond motifs is 8. The number of hydrogen-bond donors (Lipinski definition) is 0. The molecule has 4 aromatic heterocycles. The highest BCUT2D eigenvalue weighted by molar-refractivity contribution is 6.13. The minimum Gasteiger partial charge on any atom is -0.290 e. The summed E-state index contributed by atoms with van der Waals surface area (Å²) in [5, 5.41) is 3.40. The van der Waals surface area contributed by atoms with Crippen LogP contribution in [0.2, 0.25) is 0 Å². The van der Waals surface area contributed by atoms with E-state index >= 15 is 0 Å². The topological polar surface area (TPSA) is 68.9 Å². The molecule has 0 N–H and O–H groups in total. The molecule has 0 saturated heterocycles. The SMILES string of the molecule is c1ccc(-c2nc(-c3ccccc3)nc(-c3ccc4nc5c6ccccc6c6ccncc6n5c4c3)n2)cc1. The summed E-state index contributed by atoms with van der Waals surface area (Å²) in [5.74, 6) is 1.89. The van der Waals surface area contributed by atoms with Crippen LogP contribution in [-0.2, 0) is 0 Å². The predicted octanol–water partition coefficient (Wildman–Crippen LogP) is 7.37. The molecule has 0 amide bonds. The largest absolute Gasteiger partial charge is 0.290 e. The smallest absolute Gasteiger partial charge is 0.164 e. The normalized spacial score (nSPS) is 11.6. The zero-order valence-corrected chi connectivity index (χ0v) is 20.7. The van der Waals surface area contributed by atoms with Gasteiger partial charge in [-0.2, -0.15) is 0 Å². The summed E-state index contributed by atoms with van der Waals surface area (Å²) in [7, 11) is 0. The van der Waals surface area contributed by atoms with Crippen LogP contribution in [0, 0.1) is 0 Å². The number of imidazole rings is 1. The summed E-state index contributed by atoms with van der Waals surface area (Å²) in [5.41, 5.74) is 6.58. The third-order valence-corrected chi connectivity index (χ3v) is 7.11. The minimum absolute atomic E-state index is 0.614. The molecule has 0 radical (unpaired) electrons. The quantitative estimate of drug-likeness (QED) is 0.237. The molecule has 0 fully saturated rings. The second-order valence-electron chi connectivity index (χ2n) is 9.45. The van der Waals surface area contributed by atoms with Gasteiger partial charge in [0.25, 0.3) is 0 Å². The van der Waals surface area contributed by atoms with E-state index in [1.54, 1.807) is 0 Å². The van der Waals surface area contributed by atoms with Gasteiger partial charge in [0.1, 0.15) is 5.65 Å². The van der Waals surface area contributed by atoms with Crippen molar-refractivity contribution >= 4 is 38.4 Å². The van der Waals surface area contributed by atoms with Gasteiger partial charge in [0.15, 0.2) is 17.5 Å². The van der Waals surface area contributed by atoms with Crippen LogP contribution < -0.4 is 0 Å². The molecule has 4 heterocycles. The van der Waals surface area contributed by atoms with Crippen LogP contribution >= 0.6 is 0 Å². The van der Waals surface area contributed by atoms with Crippen LogP contribution in [0.4, 0.5) is 0 Å². The molecule has 39 heavy (non-hydrogen) atoms. The Hall–Kier alpha value is -5.49. The first-order valence-electron chi connectivity index (χ1n) is 12.8. The monoisotopic (exact) mass is 500 g/mol. The highest BCUT2D eigenvalue weighted by Gasteiger charge is 2.16. The summed E-state index contributed by atoms with van der Waals surface area (Å²) in [6, 6.07) is 36.7. The summed E-state index contributed by atoms with van der Waals surface area (Å²) >= 11 is 0. The second-order valence-corrected chi connectivity index (χ2v) is 9.45. The summed E-state index contributed by atoms with van der Waals surface area (Å²) in [6.45, 7) is 0. The third kappa shape index (κ3) is 3.46. The lowest BCUT2D eigenvalue weighted by Gasteiger charge is -2.09. The number of pyridine rings is 2. The molecule has 6 heteroatoms. The van der Waals surface area contributed by atoms with Crippen LogP contribution in [0.15, 0.2) is 122 Å². The number of hydrogen-bond acceptors (Lipinski definition) is 5. The number of rotatable bonds is 3. The maximum atomic E-state index is 5.04. The molecule has 0 bridgehead atoms. The Bertz CT molecular complexity index is 2110. The molecule has 0 unspecified atom stereocenters. The highest BCUT2D eigenvalue weighted by atomic mass is 15.0. The average Bonchev–Trinajstić information content (AvgIpc) is 3.41. The van der Waals surface area contributed by atoms with E-state index in [2.05, 4.69) is 45.8 Å². The van der Waals surface area contributed by atoms with Gasteiger partial charge in [-0.15, -0.1) is 0 Å². The van der Waals surface area contributed by atoms with Gasteiger partial charge in [-0.3, -0.25) is 9.38 Å². The number of aromatic nitrogens is 6. The van der Waals surface area contributed by atoms with Crippen molar-refractivity contribution in [1.82, 2.24) is 29.3 Å². The Kier molecular flexibility index (Phi) is 4.72. The molecule has 182 valence electrons. The van der Waals surface area contributed by atoms with Gasteiger partial charge in [-0.1, -0.05) is 84.9 Å². The minimum atomic E-state index is 0.614. The molecule has 4 aromatic carbocycles. The van der Waals surface area contributed by atoms with Gasteiger partial charge in [-0.05, 0) is 29.7 Å². The van der Waals surface area contributed by atoms with Crippen LogP contribution in [0.1, 0.15) is 0 Å². The second kappa shape index (κ2) is 8.53. The highest BCUT2D eigenvalue weighted by Crippen LogP contribution is 2.33. The van der Waals surface area contributed by atoms with Gasteiger partial charge >= 0.3 is 0 Å². The fraction of sp³-hybridized carbons (Fsp3) is 0. The first kappa shape index (κ1) is 21.6. The molecule has 0 spiro atoms. The van der Waals surface area contributed by atoms with Crippen LogP contribution in [0.5, 0.6) is 0 Å². The maximum Gasteiger partial charge on any atom is 0.164 e. The van der Waals surface area contributed by atoms with Gasteiger partial charge in [0.2, 0.25) is 0 Å². The van der Waals surface area contributed by atoms with E-state index in [1.807, 2.05) is 85.2 Å². The van der Waals surface area contributed by atoms with Gasteiger partial charge < -0.3 is 0 Å². The standard InChI is InChI=1S/C33H20N6/c1-3-9-21(10-4-1)30-36-31(22-11-5-2-6-12-22)38-32(37-30)23-15-16-27-28(19-23)39-29-20-34-18-17-25(29)24-13-7-8-14-26(24)33(39)35-27/h1-20H. The first-order valence-corrected chi connectivity index (χ1v) is 12.8. The Morgan fingerprint density at radius 1 is 0.462 bits per heavy atom. The lowest BCUT2D eigenvalue weighted by Crippen LogP contribution is -2.00. The van der Waals surface area contributed by atoms with Crippen molar-refractivity contribution in [3.05, 3.63) is 122 Å². The van der Waals surface area contributed by atoms with Gasteiger partial charge in [-0.25, -0.2) is 19.9 Å². The summed E-state index contributed by atoms with van der Waals surface area (Å²) in [4.78, 5) is 24.2. The molecule has 0 saturated carbocycles. The van der Waals surface area contributed by atoms with Crippen molar-refractivity contribution in [2.75, 3.05) is 0 Å². The van der Waals surface area contributed by atoms with Crippen LogP contribution in [0.3, 0.4) is 0 Å². The molecule has 0 aliphatic heterocycles. The molecule has 8 rings (SSSR count). The summed E-state index contributed by atoms with van der Waals surface area (Å²) < 4.78 is 2.20. The fourth-order valence-corrected chi connectivity index (χ4v) is 5.28. The van der Waals surface area contributed by atoms with Crippen molar-refractivity contribution in [2.24, 2.45) is 0 Å². The van der Waals surface area contributed by atoms with Gasteiger partial charge in [0.05, 0.1) is 22.7 Å². The van der Waals surface area contributed by atoms with Crippen molar-refractivity contribution in [2.45, 2.75) is 0 Å². The van der Waals surface area contributed by atoms with E-state index in [-0.39, 0.29) is 0 Å². The predicted molar refractivity (Wildman–Crippen MR) is 155 cm³/mol. The van der Waals surface area contributed by atoms with E-state index in [0.29, 0.717) is 17.5 Å². The fourth-order valence-electron chi connectivity index (χ4n) is 5.28. The first-order chi connectivity index (χ1) is 19.3. The third-order valence-electron chi connectivity index (χ3n) is 7.11. The molecular weight excluding hydrogens is 480 g/mol. The van der Waals surface area contributed by atoms with Gasteiger partial charge in [0, 0.05) is 33.7 Å². The van der Waals surface area contributed by atoms with Crippen molar-refractivity contribution < 1.29 is 0 Å². The Balaban J connectivity index is 1.41. The molecule has 6 nitrogen and oxygen atoms in total. The van der Waals surface area contributed by atoms with Crippen LogP contribution in [-0.4, -0.2) is 29.3 Å². The lowest BCUT2D eigenvalue weighted by atomic mass is 10.1. The molecule has 8 aromatic rings. The summed E-state index contributed by atoms with van der Waals surface area (Å²) in [6.07, 6.45) is 3.75. The van der Waals surface area contributed by atoms with Crippen LogP contribution in [0.25, 0.3) is 72.5 Å². The molecule has 0 atom stereocenters. The van der Waals surface area contributed by atoms with E-state index in [1.165, 1.54) is 0 Å². The average molecular weight is 501 g/mol. The lowest BCUT2D eigenvalue weighted by molar-refractivity contribution is 1.07. The molecular formula is C33H20N6. The van der Waals surface area contributed by atoms with E-state index in [4.69, 9.17) is 19.9 Å². The Labute approximate surface area is 223 Å². The molecule has 0 aliphatic carbocycles. The Morgan fingerprint density at radius 2 is 1.08 bits per heavy atom. The van der Waals surface area contributed by atoms with E-state index in [0.717, 1.165) is 55.0 Å². The zero-order valence-electron chi connectivity index (χ0n) is 20.7.